The standard InChI is InChI=1S/C22H40O2/c1-3-5-6-7-8-9-10-11-12-13-14-15-16-17-18-19-20-21-24-22(23)4-2/h4,21H,1-3,5-20H2. The van der Waals surface area contributed by atoms with E-state index in [0.717, 1.165) is 19.3 Å². The lowest BCUT2D eigenvalue weighted by Gasteiger charge is -2.04. The molecule has 0 unspecified atom stereocenters. The Bertz CT molecular complexity index is 273. The SMILES string of the molecule is [CH2]CCCCCCCCCCCCCCCCC[CH]OC(=O)C=C. The zero-order valence-electron chi connectivity index (χ0n) is 15.9. The molecule has 0 bridgehead atoms. The summed E-state index contributed by atoms with van der Waals surface area (Å²) in [5, 5.41) is 0. The van der Waals surface area contributed by atoms with E-state index >= 15 is 0 Å². The molecule has 0 saturated carbocycles. The van der Waals surface area contributed by atoms with Crippen LogP contribution in [0, 0.1) is 13.5 Å². The fourth-order valence-electron chi connectivity index (χ4n) is 2.89. The van der Waals surface area contributed by atoms with E-state index in [1.54, 1.807) is 6.61 Å². The minimum atomic E-state index is -0.357. The van der Waals surface area contributed by atoms with Gasteiger partial charge in [0.1, 0.15) is 6.61 Å². The predicted molar refractivity (Wildman–Crippen MR) is 104 cm³/mol. The first-order valence-corrected chi connectivity index (χ1v) is 10.2. The molecule has 0 aliphatic heterocycles. The number of carbonyl (C=O) groups excluding carboxylic acids is 1. The summed E-state index contributed by atoms with van der Waals surface area (Å²) in [5.41, 5.74) is 0. The van der Waals surface area contributed by atoms with Gasteiger partial charge in [-0.2, -0.15) is 0 Å². The first-order chi connectivity index (χ1) is 11.8. The molecule has 0 N–H and O–H groups in total. The van der Waals surface area contributed by atoms with Crippen molar-refractivity contribution in [1.82, 2.24) is 0 Å². The molecule has 0 saturated heterocycles. The summed E-state index contributed by atoms with van der Waals surface area (Å²) >= 11 is 0. The molecule has 0 aliphatic rings. The van der Waals surface area contributed by atoms with Crippen LogP contribution in [-0.2, 0) is 9.53 Å². The molecule has 0 aromatic rings. The van der Waals surface area contributed by atoms with Crippen molar-refractivity contribution >= 4 is 5.97 Å². The minimum Gasteiger partial charge on any atom is -0.455 e. The van der Waals surface area contributed by atoms with Gasteiger partial charge in [0.2, 0.25) is 0 Å². The summed E-state index contributed by atoms with van der Waals surface area (Å²) in [6.45, 7) is 8.85. The van der Waals surface area contributed by atoms with Gasteiger partial charge >= 0.3 is 5.97 Å². The molecule has 140 valence electrons. The van der Waals surface area contributed by atoms with Gasteiger partial charge < -0.3 is 4.74 Å². The number of ether oxygens (including phenoxy) is 1. The minimum absolute atomic E-state index is 0.357. The highest BCUT2D eigenvalue weighted by molar-refractivity contribution is 5.81. The molecule has 0 amide bonds. The van der Waals surface area contributed by atoms with Crippen molar-refractivity contribution in [3.05, 3.63) is 26.2 Å². The highest BCUT2D eigenvalue weighted by atomic mass is 16.5. The van der Waals surface area contributed by atoms with E-state index in [2.05, 4.69) is 13.5 Å². The van der Waals surface area contributed by atoms with E-state index in [9.17, 15) is 4.79 Å². The van der Waals surface area contributed by atoms with Crippen molar-refractivity contribution in [2.24, 2.45) is 0 Å². The van der Waals surface area contributed by atoms with Crippen molar-refractivity contribution in [3.8, 4) is 0 Å². The average Bonchev–Trinajstić information content (AvgIpc) is 2.60. The lowest BCUT2D eigenvalue weighted by molar-refractivity contribution is -0.134. The van der Waals surface area contributed by atoms with Gasteiger partial charge in [-0.25, -0.2) is 4.79 Å². The van der Waals surface area contributed by atoms with Gasteiger partial charge in [-0.05, 0) is 12.8 Å². The van der Waals surface area contributed by atoms with Crippen LogP contribution in [0.4, 0.5) is 0 Å². The van der Waals surface area contributed by atoms with Crippen LogP contribution >= 0.6 is 0 Å². The third kappa shape index (κ3) is 19.3. The Kier molecular flexibility index (Phi) is 19.6. The second kappa shape index (κ2) is 20.3. The van der Waals surface area contributed by atoms with Crippen molar-refractivity contribution in [2.45, 2.75) is 109 Å². The van der Waals surface area contributed by atoms with Crippen molar-refractivity contribution in [3.63, 3.8) is 0 Å². The summed E-state index contributed by atoms with van der Waals surface area (Å²) in [7, 11) is 0. The van der Waals surface area contributed by atoms with Gasteiger partial charge in [-0.3, -0.25) is 0 Å². The molecule has 0 fully saturated rings. The highest BCUT2D eigenvalue weighted by Crippen LogP contribution is 2.14. The topological polar surface area (TPSA) is 26.3 Å². The smallest absolute Gasteiger partial charge is 0.330 e. The summed E-state index contributed by atoms with van der Waals surface area (Å²) < 4.78 is 4.83. The van der Waals surface area contributed by atoms with Gasteiger partial charge in [-0.15, -0.1) is 0 Å². The van der Waals surface area contributed by atoms with E-state index in [0.29, 0.717) is 0 Å². The Labute approximate surface area is 151 Å². The second-order valence-electron chi connectivity index (χ2n) is 6.75. The van der Waals surface area contributed by atoms with Crippen LogP contribution in [0.3, 0.4) is 0 Å². The zero-order valence-corrected chi connectivity index (χ0v) is 15.9. The Morgan fingerprint density at radius 3 is 1.42 bits per heavy atom. The molecular formula is C22H40O2. The van der Waals surface area contributed by atoms with Gasteiger partial charge in [-0.1, -0.05) is 110 Å². The second-order valence-corrected chi connectivity index (χ2v) is 6.75. The van der Waals surface area contributed by atoms with Gasteiger partial charge in [0.15, 0.2) is 0 Å². The van der Waals surface area contributed by atoms with Crippen LogP contribution in [0.5, 0.6) is 0 Å². The molecule has 0 heterocycles. The molecule has 0 aromatic heterocycles. The maximum absolute atomic E-state index is 10.8. The summed E-state index contributed by atoms with van der Waals surface area (Å²) in [6.07, 6.45) is 23.5. The maximum atomic E-state index is 10.8. The number of hydrogen-bond acceptors (Lipinski definition) is 2. The Morgan fingerprint density at radius 2 is 1.04 bits per heavy atom. The molecule has 0 aliphatic carbocycles. The number of unbranched alkanes of at least 4 members (excludes halogenated alkanes) is 16. The average molecular weight is 337 g/mol. The van der Waals surface area contributed by atoms with E-state index in [-0.39, 0.29) is 5.97 Å². The molecule has 2 heteroatoms. The number of rotatable bonds is 19. The highest BCUT2D eigenvalue weighted by Gasteiger charge is 1.97. The van der Waals surface area contributed by atoms with Crippen LogP contribution < -0.4 is 0 Å². The van der Waals surface area contributed by atoms with Crippen molar-refractivity contribution in [2.75, 3.05) is 0 Å². The molecule has 2 nitrogen and oxygen atoms in total. The quantitative estimate of drug-likeness (QED) is 0.140. The largest absolute Gasteiger partial charge is 0.455 e. The van der Waals surface area contributed by atoms with Gasteiger partial charge in [0.05, 0.1) is 0 Å². The van der Waals surface area contributed by atoms with Gasteiger partial charge in [0.25, 0.3) is 0 Å². The predicted octanol–water partition coefficient (Wildman–Crippen LogP) is 7.34. The lowest BCUT2D eigenvalue weighted by Crippen LogP contribution is -1.96. The van der Waals surface area contributed by atoms with Crippen molar-refractivity contribution < 1.29 is 9.53 Å². The number of hydrogen-bond donors (Lipinski definition) is 0. The van der Waals surface area contributed by atoms with Crippen molar-refractivity contribution in [1.29, 1.82) is 0 Å². The Hall–Kier alpha value is -0.790. The third-order valence-electron chi connectivity index (χ3n) is 4.44. The van der Waals surface area contributed by atoms with Gasteiger partial charge in [0, 0.05) is 6.08 Å². The Morgan fingerprint density at radius 1 is 0.667 bits per heavy atom. The van der Waals surface area contributed by atoms with Crippen LogP contribution in [0.2, 0.25) is 0 Å². The molecule has 0 rings (SSSR count). The van der Waals surface area contributed by atoms with E-state index in [1.165, 1.54) is 96.0 Å². The summed E-state index contributed by atoms with van der Waals surface area (Å²) in [6, 6.07) is 0. The normalized spacial score (nSPS) is 10.7. The molecule has 0 aromatic carbocycles. The van der Waals surface area contributed by atoms with Crippen LogP contribution in [0.15, 0.2) is 12.7 Å². The van der Waals surface area contributed by atoms with E-state index in [4.69, 9.17) is 4.74 Å². The molecule has 24 heavy (non-hydrogen) atoms. The Balaban J connectivity index is 3.00. The molecule has 0 atom stereocenters. The monoisotopic (exact) mass is 336 g/mol. The van der Waals surface area contributed by atoms with Crippen LogP contribution in [0.25, 0.3) is 0 Å². The fraction of sp³-hybridized carbons (Fsp3) is 0.773. The maximum Gasteiger partial charge on any atom is 0.330 e. The number of carbonyl (C=O) groups is 1. The molecular weight excluding hydrogens is 296 g/mol. The zero-order chi connectivity index (χ0) is 17.7. The summed E-state index contributed by atoms with van der Waals surface area (Å²) in [5.74, 6) is -0.357. The van der Waals surface area contributed by atoms with E-state index in [1.807, 2.05) is 0 Å². The third-order valence-corrected chi connectivity index (χ3v) is 4.44. The lowest BCUT2D eigenvalue weighted by atomic mass is 10.0. The first kappa shape index (κ1) is 23.2. The summed E-state index contributed by atoms with van der Waals surface area (Å²) in [4.78, 5) is 10.8. The van der Waals surface area contributed by atoms with E-state index < -0.39 is 0 Å². The molecule has 2 radical (unpaired) electrons. The first-order valence-electron chi connectivity index (χ1n) is 10.2. The fourth-order valence-corrected chi connectivity index (χ4v) is 2.89. The number of esters is 1. The van der Waals surface area contributed by atoms with Crippen LogP contribution in [-0.4, -0.2) is 5.97 Å². The molecule has 0 spiro atoms. The van der Waals surface area contributed by atoms with Crippen LogP contribution in [0.1, 0.15) is 109 Å².